The van der Waals surface area contributed by atoms with Crippen molar-refractivity contribution in [2.45, 2.75) is 0 Å². The lowest BCUT2D eigenvalue weighted by Crippen LogP contribution is -2.22. The van der Waals surface area contributed by atoms with Gasteiger partial charge in [0.1, 0.15) is 5.75 Å². The van der Waals surface area contributed by atoms with Crippen LogP contribution >= 0.6 is 0 Å². The maximum Gasteiger partial charge on any atom is 0.210 e. The highest BCUT2D eigenvalue weighted by molar-refractivity contribution is 6.28. The molecule has 0 radical (unpaired) electrons. The molecule has 0 aliphatic heterocycles. The first-order valence-corrected chi connectivity index (χ1v) is 8.27. The van der Waals surface area contributed by atoms with Crippen LogP contribution in [0.5, 0.6) is 5.75 Å². The number of carbonyl (C=O) groups excluding carboxylic acids is 1. The van der Waals surface area contributed by atoms with Gasteiger partial charge >= 0.3 is 0 Å². The summed E-state index contributed by atoms with van der Waals surface area (Å²) in [4.78, 5) is 17.5. The molecule has 0 spiro atoms. The van der Waals surface area contributed by atoms with E-state index in [1.165, 1.54) is 0 Å². The first-order chi connectivity index (χ1) is 12.7. The summed E-state index contributed by atoms with van der Waals surface area (Å²) in [6.07, 6.45) is 1.68. The van der Waals surface area contributed by atoms with Crippen LogP contribution in [0.3, 0.4) is 0 Å². The number of allylic oxidation sites excluding steroid dienone is 2. The molecule has 3 aromatic rings. The minimum atomic E-state index is -0.174. The molecular weight excluding hydrogens is 324 g/mol. The van der Waals surface area contributed by atoms with Gasteiger partial charge in [-0.25, -0.2) is 4.99 Å². The van der Waals surface area contributed by atoms with Crippen molar-refractivity contribution in [1.82, 2.24) is 0 Å². The van der Waals surface area contributed by atoms with Crippen LogP contribution in [0.4, 0.5) is 11.4 Å². The predicted molar refractivity (Wildman–Crippen MR) is 103 cm³/mol. The maximum absolute atomic E-state index is 12.9. The van der Waals surface area contributed by atoms with E-state index in [0.717, 1.165) is 11.4 Å². The molecule has 126 valence electrons. The van der Waals surface area contributed by atoms with Crippen LogP contribution in [0.1, 0.15) is 15.9 Å². The monoisotopic (exact) mass is 340 g/mol. The van der Waals surface area contributed by atoms with Crippen LogP contribution < -0.4 is 5.32 Å². The minimum absolute atomic E-state index is 0.0422. The summed E-state index contributed by atoms with van der Waals surface area (Å²) >= 11 is 0. The average Bonchev–Trinajstić information content (AvgIpc) is 2.67. The number of aromatic hydroxyl groups is 1. The number of nitrogens with one attached hydrogen (secondary N) is 1. The molecule has 1 aliphatic carbocycles. The third-order valence-corrected chi connectivity index (χ3v) is 4.13. The molecule has 4 rings (SSSR count). The Bertz CT molecular complexity index is 1020. The summed E-state index contributed by atoms with van der Waals surface area (Å²) in [5, 5.41) is 13.5. The van der Waals surface area contributed by atoms with Gasteiger partial charge in [-0.15, -0.1) is 0 Å². The summed E-state index contributed by atoms with van der Waals surface area (Å²) in [6, 6.07) is 23.9. The van der Waals surface area contributed by atoms with E-state index in [2.05, 4.69) is 10.3 Å². The van der Waals surface area contributed by atoms with Gasteiger partial charge in [0.15, 0.2) is 0 Å². The number of anilines is 1. The van der Waals surface area contributed by atoms with E-state index < -0.39 is 0 Å². The van der Waals surface area contributed by atoms with Crippen molar-refractivity contribution >= 4 is 22.9 Å². The van der Waals surface area contributed by atoms with Crippen molar-refractivity contribution in [2.24, 2.45) is 4.99 Å². The SMILES string of the molecule is O=C1C(Nc2ccccc2)=CC(=Nc2ccccc2)c2c(O)cccc21. The van der Waals surface area contributed by atoms with E-state index in [1.54, 1.807) is 24.3 Å². The quantitative estimate of drug-likeness (QED) is 0.726. The number of hydrogen-bond donors (Lipinski definition) is 2. The fourth-order valence-electron chi connectivity index (χ4n) is 2.92. The van der Waals surface area contributed by atoms with Crippen molar-refractivity contribution in [3.8, 4) is 5.75 Å². The van der Waals surface area contributed by atoms with Crippen LogP contribution in [0, 0.1) is 0 Å². The third-order valence-electron chi connectivity index (χ3n) is 4.13. The van der Waals surface area contributed by atoms with Gasteiger partial charge < -0.3 is 10.4 Å². The van der Waals surface area contributed by atoms with Crippen LogP contribution in [0.2, 0.25) is 0 Å². The zero-order valence-electron chi connectivity index (χ0n) is 13.9. The predicted octanol–water partition coefficient (Wildman–Crippen LogP) is 4.71. The molecule has 26 heavy (non-hydrogen) atoms. The Kier molecular flexibility index (Phi) is 4.07. The third kappa shape index (κ3) is 3.00. The minimum Gasteiger partial charge on any atom is -0.507 e. The number of phenolic OH excluding ortho intramolecular Hbond substituents is 1. The Hall–Kier alpha value is -3.66. The molecule has 0 aromatic heterocycles. The van der Waals surface area contributed by atoms with Crippen LogP contribution in [0.15, 0.2) is 95.6 Å². The fraction of sp³-hybridized carbons (Fsp3) is 0. The second-order valence-electron chi connectivity index (χ2n) is 5.91. The van der Waals surface area contributed by atoms with Crippen molar-refractivity contribution in [3.05, 3.63) is 102 Å². The topological polar surface area (TPSA) is 61.7 Å². The first-order valence-electron chi connectivity index (χ1n) is 8.27. The number of nitrogens with zero attached hydrogens (tertiary/aromatic N) is 1. The summed E-state index contributed by atoms with van der Waals surface area (Å²) in [5.41, 5.74) is 3.42. The average molecular weight is 340 g/mol. The van der Waals surface area contributed by atoms with E-state index >= 15 is 0 Å². The van der Waals surface area contributed by atoms with Gasteiger partial charge in [-0.3, -0.25) is 4.79 Å². The van der Waals surface area contributed by atoms with E-state index in [0.29, 0.717) is 22.5 Å². The zero-order valence-corrected chi connectivity index (χ0v) is 13.9. The van der Waals surface area contributed by atoms with Crippen molar-refractivity contribution < 1.29 is 9.90 Å². The standard InChI is InChI=1S/C22H16N2O2/c25-20-13-7-12-17-21(20)18(23-15-8-3-1-4-9-15)14-19(22(17)26)24-16-10-5-2-6-11-16/h1-14,24-25H. The molecule has 0 heterocycles. The highest BCUT2D eigenvalue weighted by Crippen LogP contribution is 2.30. The largest absolute Gasteiger partial charge is 0.507 e. The summed E-state index contributed by atoms with van der Waals surface area (Å²) in [6.45, 7) is 0. The summed E-state index contributed by atoms with van der Waals surface area (Å²) in [5.74, 6) is -0.132. The Morgan fingerprint density at radius 2 is 1.50 bits per heavy atom. The number of hydrogen-bond acceptors (Lipinski definition) is 4. The van der Waals surface area contributed by atoms with Gasteiger partial charge in [0.05, 0.1) is 22.7 Å². The van der Waals surface area contributed by atoms with E-state index in [-0.39, 0.29) is 11.5 Å². The van der Waals surface area contributed by atoms with Crippen molar-refractivity contribution in [2.75, 3.05) is 5.32 Å². The van der Waals surface area contributed by atoms with E-state index in [1.807, 2.05) is 60.7 Å². The molecule has 0 fully saturated rings. The number of para-hydroxylation sites is 2. The molecule has 0 bridgehead atoms. The molecule has 2 N–H and O–H groups in total. The normalized spacial score (nSPS) is 14.7. The Balaban J connectivity index is 1.84. The highest BCUT2D eigenvalue weighted by Gasteiger charge is 2.27. The van der Waals surface area contributed by atoms with Gasteiger partial charge in [0.2, 0.25) is 5.78 Å². The Morgan fingerprint density at radius 1 is 0.808 bits per heavy atom. The number of aliphatic imine (C=N–C) groups is 1. The molecule has 0 saturated heterocycles. The maximum atomic E-state index is 12.9. The molecule has 1 aliphatic rings. The number of fused-ring (bicyclic) bond motifs is 1. The van der Waals surface area contributed by atoms with Crippen LogP contribution in [-0.4, -0.2) is 16.6 Å². The number of rotatable bonds is 3. The molecule has 0 atom stereocenters. The molecule has 0 unspecified atom stereocenters. The first kappa shape index (κ1) is 15.8. The van der Waals surface area contributed by atoms with Gasteiger partial charge in [-0.2, -0.15) is 0 Å². The number of ketones is 1. The van der Waals surface area contributed by atoms with Gasteiger partial charge in [0.25, 0.3) is 0 Å². The lowest BCUT2D eigenvalue weighted by atomic mass is 9.91. The van der Waals surface area contributed by atoms with Crippen molar-refractivity contribution in [1.29, 1.82) is 0 Å². The highest BCUT2D eigenvalue weighted by atomic mass is 16.3. The van der Waals surface area contributed by atoms with Crippen LogP contribution in [-0.2, 0) is 0 Å². The van der Waals surface area contributed by atoms with Crippen LogP contribution in [0.25, 0.3) is 0 Å². The lowest BCUT2D eigenvalue weighted by Gasteiger charge is -2.19. The number of phenols is 1. The Morgan fingerprint density at radius 3 is 2.23 bits per heavy atom. The number of Topliss-reactive ketones (excluding diaryl/α,β-unsaturated/α-hetero) is 1. The number of benzene rings is 3. The van der Waals surface area contributed by atoms with E-state index in [4.69, 9.17) is 0 Å². The van der Waals surface area contributed by atoms with E-state index in [9.17, 15) is 9.90 Å². The molecule has 3 aromatic carbocycles. The molecule has 4 nitrogen and oxygen atoms in total. The summed E-state index contributed by atoms with van der Waals surface area (Å²) < 4.78 is 0. The van der Waals surface area contributed by atoms with Gasteiger partial charge in [-0.1, -0.05) is 48.5 Å². The Labute approximate surface area is 151 Å². The smallest absolute Gasteiger partial charge is 0.210 e. The van der Waals surface area contributed by atoms with Gasteiger partial charge in [0, 0.05) is 11.3 Å². The molecular formula is C22H16N2O2. The summed E-state index contributed by atoms with van der Waals surface area (Å²) in [7, 11) is 0. The number of carbonyl (C=O) groups is 1. The second kappa shape index (κ2) is 6.69. The van der Waals surface area contributed by atoms with Crippen molar-refractivity contribution in [3.63, 3.8) is 0 Å². The zero-order chi connectivity index (χ0) is 17.9. The van der Waals surface area contributed by atoms with Gasteiger partial charge in [-0.05, 0) is 36.4 Å². The molecule has 4 heteroatoms. The lowest BCUT2D eigenvalue weighted by molar-refractivity contribution is 0.103. The fourth-order valence-corrected chi connectivity index (χ4v) is 2.92. The molecule has 0 saturated carbocycles. The molecule has 0 amide bonds. The second-order valence-corrected chi connectivity index (χ2v) is 5.91.